The van der Waals surface area contributed by atoms with Gasteiger partial charge in [-0.05, 0) is 23.6 Å². The second kappa shape index (κ2) is 3.95. The van der Waals surface area contributed by atoms with Crippen molar-refractivity contribution in [2.45, 2.75) is 19.8 Å². The molecule has 2 aromatic rings. The number of aromatic nitrogens is 1. The van der Waals surface area contributed by atoms with Crippen LogP contribution in [-0.2, 0) is 7.05 Å². The van der Waals surface area contributed by atoms with E-state index < -0.39 is 0 Å². The van der Waals surface area contributed by atoms with Crippen molar-refractivity contribution in [1.82, 2.24) is 4.57 Å². The Bertz CT molecular complexity index is 599. The van der Waals surface area contributed by atoms with Gasteiger partial charge in [0.05, 0.1) is 0 Å². The number of hydrogen-bond donors (Lipinski definition) is 0. The van der Waals surface area contributed by atoms with Crippen LogP contribution in [0.15, 0.2) is 29.2 Å². The zero-order valence-electron chi connectivity index (χ0n) is 9.62. The molecular formula is C13H14ClNO. The Labute approximate surface area is 99.5 Å². The summed E-state index contributed by atoms with van der Waals surface area (Å²) in [5.74, 6) is 0.342. The Morgan fingerprint density at radius 2 is 2.00 bits per heavy atom. The highest BCUT2D eigenvalue weighted by atomic mass is 35.5. The smallest absolute Gasteiger partial charge is 0.258 e. The molecule has 0 aliphatic carbocycles. The van der Waals surface area contributed by atoms with E-state index in [1.807, 2.05) is 24.4 Å². The van der Waals surface area contributed by atoms with Gasteiger partial charge in [-0.15, -0.1) is 0 Å². The molecule has 0 spiro atoms. The quantitative estimate of drug-likeness (QED) is 0.743. The highest BCUT2D eigenvalue weighted by Gasteiger charge is 2.12. The maximum absolute atomic E-state index is 12.0. The van der Waals surface area contributed by atoms with Crippen LogP contribution in [0.2, 0.25) is 5.02 Å². The van der Waals surface area contributed by atoms with Gasteiger partial charge in [0.1, 0.15) is 0 Å². The number of hydrogen-bond acceptors (Lipinski definition) is 1. The average molecular weight is 236 g/mol. The summed E-state index contributed by atoms with van der Waals surface area (Å²) in [6.45, 7) is 4.20. The van der Waals surface area contributed by atoms with E-state index in [0.717, 1.165) is 10.9 Å². The van der Waals surface area contributed by atoms with Gasteiger partial charge in [0.25, 0.3) is 5.56 Å². The summed E-state index contributed by atoms with van der Waals surface area (Å²) < 4.78 is 1.62. The number of rotatable bonds is 1. The predicted octanol–water partition coefficient (Wildman–Crippen LogP) is 3.32. The summed E-state index contributed by atoms with van der Waals surface area (Å²) in [4.78, 5) is 12.0. The molecule has 0 fully saturated rings. The molecule has 0 unspecified atom stereocenters. The first-order valence-electron chi connectivity index (χ1n) is 5.30. The highest BCUT2D eigenvalue weighted by molar-refractivity contribution is 6.35. The van der Waals surface area contributed by atoms with Crippen molar-refractivity contribution < 1.29 is 0 Å². The Morgan fingerprint density at radius 1 is 1.31 bits per heavy atom. The van der Waals surface area contributed by atoms with Gasteiger partial charge in [0, 0.05) is 29.0 Å². The fourth-order valence-corrected chi connectivity index (χ4v) is 2.24. The molecule has 2 rings (SSSR count). The average Bonchev–Trinajstić information content (AvgIpc) is 2.23. The lowest BCUT2D eigenvalue weighted by atomic mass is 9.98. The summed E-state index contributed by atoms with van der Waals surface area (Å²) in [6.07, 6.45) is 1.88. The summed E-state index contributed by atoms with van der Waals surface area (Å²) in [6, 6.07) is 5.47. The largest absolute Gasteiger partial charge is 0.318 e. The van der Waals surface area contributed by atoms with E-state index >= 15 is 0 Å². The molecule has 0 aliphatic rings. The molecule has 0 bridgehead atoms. The third kappa shape index (κ3) is 1.63. The lowest BCUT2D eigenvalue weighted by molar-refractivity contribution is 0.810. The topological polar surface area (TPSA) is 22.0 Å². The molecule has 16 heavy (non-hydrogen) atoms. The van der Waals surface area contributed by atoms with E-state index in [1.165, 1.54) is 0 Å². The lowest BCUT2D eigenvalue weighted by Gasteiger charge is -2.13. The van der Waals surface area contributed by atoms with Crippen molar-refractivity contribution in [3.8, 4) is 0 Å². The van der Waals surface area contributed by atoms with Gasteiger partial charge in [-0.1, -0.05) is 31.5 Å². The zero-order chi connectivity index (χ0) is 11.9. The summed E-state index contributed by atoms with van der Waals surface area (Å²) in [5.41, 5.74) is 1.12. The minimum absolute atomic E-state index is 0.00176. The number of pyridine rings is 1. The van der Waals surface area contributed by atoms with Gasteiger partial charge in [-0.3, -0.25) is 4.79 Å². The third-order valence-corrected chi connectivity index (χ3v) is 3.12. The maximum Gasteiger partial charge on any atom is 0.258 e. The van der Waals surface area contributed by atoms with E-state index in [1.54, 1.807) is 11.6 Å². The minimum Gasteiger partial charge on any atom is -0.318 e. The Hall–Kier alpha value is -1.28. The molecular weight excluding hydrogens is 222 g/mol. The third-order valence-electron chi connectivity index (χ3n) is 2.81. The van der Waals surface area contributed by atoms with E-state index in [2.05, 4.69) is 13.8 Å². The molecule has 0 aliphatic heterocycles. The van der Waals surface area contributed by atoms with Crippen molar-refractivity contribution in [3.63, 3.8) is 0 Å². The monoisotopic (exact) mass is 235 g/mol. The highest BCUT2D eigenvalue weighted by Crippen LogP contribution is 2.29. The van der Waals surface area contributed by atoms with Gasteiger partial charge in [0.15, 0.2) is 0 Å². The first kappa shape index (κ1) is 11.2. The summed E-state index contributed by atoms with van der Waals surface area (Å²) >= 11 is 6.18. The first-order chi connectivity index (χ1) is 7.52. The Kier molecular flexibility index (Phi) is 2.76. The molecule has 0 saturated carbocycles. The number of aryl methyl sites for hydroxylation is 1. The minimum atomic E-state index is 0.00176. The van der Waals surface area contributed by atoms with Crippen LogP contribution < -0.4 is 5.56 Å². The molecule has 3 heteroatoms. The van der Waals surface area contributed by atoms with E-state index in [0.29, 0.717) is 16.3 Å². The van der Waals surface area contributed by atoms with Crippen molar-refractivity contribution in [2.24, 2.45) is 7.05 Å². The van der Waals surface area contributed by atoms with Crippen LogP contribution in [0.4, 0.5) is 0 Å². The molecule has 84 valence electrons. The van der Waals surface area contributed by atoms with Gasteiger partial charge in [-0.25, -0.2) is 0 Å². The van der Waals surface area contributed by atoms with Crippen molar-refractivity contribution in [1.29, 1.82) is 0 Å². The SMILES string of the molecule is CC(C)c1cn(C)c(=O)c2cccc(Cl)c12. The molecule has 1 aromatic heterocycles. The molecule has 0 radical (unpaired) electrons. The number of nitrogens with zero attached hydrogens (tertiary/aromatic N) is 1. The fraction of sp³-hybridized carbons (Fsp3) is 0.308. The zero-order valence-corrected chi connectivity index (χ0v) is 10.4. The molecule has 0 amide bonds. The fourth-order valence-electron chi connectivity index (χ4n) is 1.96. The van der Waals surface area contributed by atoms with Crippen LogP contribution in [0.25, 0.3) is 10.8 Å². The van der Waals surface area contributed by atoms with E-state index in [-0.39, 0.29) is 5.56 Å². The number of fused-ring (bicyclic) bond motifs is 1. The second-order valence-electron chi connectivity index (χ2n) is 4.32. The maximum atomic E-state index is 12.0. The van der Waals surface area contributed by atoms with Gasteiger partial charge >= 0.3 is 0 Å². The summed E-state index contributed by atoms with van der Waals surface area (Å²) in [7, 11) is 1.77. The van der Waals surface area contributed by atoms with Crippen LogP contribution in [-0.4, -0.2) is 4.57 Å². The second-order valence-corrected chi connectivity index (χ2v) is 4.72. The number of halogens is 1. The molecule has 0 N–H and O–H groups in total. The van der Waals surface area contributed by atoms with Crippen molar-refractivity contribution in [3.05, 3.63) is 45.3 Å². The van der Waals surface area contributed by atoms with Crippen LogP contribution in [0.3, 0.4) is 0 Å². The van der Waals surface area contributed by atoms with Gasteiger partial charge < -0.3 is 4.57 Å². The van der Waals surface area contributed by atoms with E-state index in [9.17, 15) is 4.79 Å². The van der Waals surface area contributed by atoms with Crippen LogP contribution in [0.1, 0.15) is 25.3 Å². The van der Waals surface area contributed by atoms with E-state index in [4.69, 9.17) is 11.6 Å². The van der Waals surface area contributed by atoms with Crippen molar-refractivity contribution >= 4 is 22.4 Å². The molecule has 0 atom stereocenters. The van der Waals surface area contributed by atoms with Crippen LogP contribution in [0.5, 0.6) is 0 Å². The lowest BCUT2D eigenvalue weighted by Crippen LogP contribution is -2.17. The molecule has 1 heterocycles. The summed E-state index contributed by atoms with van der Waals surface area (Å²) in [5, 5.41) is 2.24. The standard InChI is InChI=1S/C13H14ClNO/c1-8(2)10-7-15(3)13(16)9-5-4-6-11(14)12(9)10/h4-8H,1-3H3. The molecule has 0 saturated heterocycles. The van der Waals surface area contributed by atoms with Crippen molar-refractivity contribution in [2.75, 3.05) is 0 Å². The Morgan fingerprint density at radius 3 is 2.62 bits per heavy atom. The predicted molar refractivity (Wildman–Crippen MR) is 68.3 cm³/mol. The van der Waals surface area contributed by atoms with Crippen LogP contribution in [0, 0.1) is 0 Å². The molecule has 2 nitrogen and oxygen atoms in total. The van der Waals surface area contributed by atoms with Gasteiger partial charge in [0.2, 0.25) is 0 Å². The first-order valence-corrected chi connectivity index (χ1v) is 5.68. The normalized spacial score (nSPS) is 11.3. The Balaban J connectivity index is 3.02. The number of benzene rings is 1. The molecule has 1 aromatic carbocycles. The van der Waals surface area contributed by atoms with Gasteiger partial charge in [-0.2, -0.15) is 0 Å². The van der Waals surface area contributed by atoms with Crippen LogP contribution >= 0.6 is 11.6 Å².